The Balaban J connectivity index is 1.47. The van der Waals surface area contributed by atoms with Gasteiger partial charge in [0.15, 0.2) is 6.61 Å². The van der Waals surface area contributed by atoms with E-state index in [2.05, 4.69) is 20.2 Å². The molecule has 0 aliphatic carbocycles. The van der Waals surface area contributed by atoms with Gasteiger partial charge in [0.1, 0.15) is 5.75 Å². The van der Waals surface area contributed by atoms with Gasteiger partial charge in [-0.15, -0.1) is 0 Å². The zero-order valence-electron chi connectivity index (χ0n) is 13.2. The van der Waals surface area contributed by atoms with E-state index in [1.807, 2.05) is 0 Å². The fraction of sp³-hybridized carbons (Fsp3) is 0.353. The molecule has 0 atom stereocenters. The maximum Gasteiger partial charge on any atom is 0.258 e. The molecule has 0 radical (unpaired) electrons. The average Bonchev–Trinajstić information content (AvgIpc) is 3.14. The Bertz CT molecular complexity index is 687. The van der Waals surface area contributed by atoms with Gasteiger partial charge in [0.25, 0.3) is 5.91 Å². The molecule has 1 N–H and O–H groups in total. The van der Waals surface area contributed by atoms with E-state index < -0.39 is 0 Å². The predicted molar refractivity (Wildman–Crippen MR) is 92.3 cm³/mol. The van der Waals surface area contributed by atoms with E-state index in [-0.39, 0.29) is 12.5 Å². The molecule has 1 aromatic heterocycles. The molecule has 1 amide bonds. The van der Waals surface area contributed by atoms with Gasteiger partial charge in [0, 0.05) is 24.3 Å². The van der Waals surface area contributed by atoms with Crippen molar-refractivity contribution in [2.75, 3.05) is 24.6 Å². The van der Waals surface area contributed by atoms with Gasteiger partial charge in [-0.1, -0.05) is 11.6 Å². The minimum Gasteiger partial charge on any atom is -0.484 e. The summed E-state index contributed by atoms with van der Waals surface area (Å²) in [5.41, 5.74) is 0.784. The molecule has 1 aromatic carbocycles. The molecule has 0 spiro atoms. The molecule has 1 aliphatic rings. The van der Waals surface area contributed by atoms with Crippen molar-refractivity contribution < 1.29 is 9.53 Å². The van der Waals surface area contributed by atoms with Crippen molar-refractivity contribution in [3.63, 3.8) is 0 Å². The number of rotatable bonds is 6. The number of carbonyl (C=O) groups excluding carboxylic acids is 1. The first-order valence-corrected chi connectivity index (χ1v) is 8.30. The molecule has 0 saturated carbocycles. The molecule has 3 rings (SSSR count). The van der Waals surface area contributed by atoms with Crippen molar-refractivity contribution in [2.24, 2.45) is 0 Å². The minimum atomic E-state index is -0.203. The first kappa shape index (κ1) is 16.5. The summed E-state index contributed by atoms with van der Waals surface area (Å²) in [7, 11) is 0. The van der Waals surface area contributed by atoms with E-state index in [1.165, 1.54) is 12.8 Å². The third-order valence-electron chi connectivity index (χ3n) is 3.74. The number of aromatic nitrogens is 2. The quantitative estimate of drug-likeness (QED) is 0.870. The lowest BCUT2D eigenvalue weighted by molar-refractivity contribution is -0.123. The van der Waals surface area contributed by atoms with Crippen molar-refractivity contribution in [2.45, 2.75) is 19.4 Å². The predicted octanol–water partition coefficient (Wildman–Crippen LogP) is 2.43. The lowest BCUT2D eigenvalue weighted by atomic mass is 10.3. The highest BCUT2D eigenvalue weighted by atomic mass is 35.5. The Kier molecular flexibility index (Phi) is 5.48. The lowest BCUT2D eigenvalue weighted by Crippen LogP contribution is -2.29. The third kappa shape index (κ3) is 4.58. The summed E-state index contributed by atoms with van der Waals surface area (Å²) in [4.78, 5) is 22.8. The topological polar surface area (TPSA) is 67.3 Å². The Labute approximate surface area is 145 Å². The lowest BCUT2D eigenvalue weighted by Gasteiger charge is -2.15. The second kappa shape index (κ2) is 7.97. The number of nitrogens with zero attached hydrogens (tertiary/aromatic N) is 3. The van der Waals surface area contributed by atoms with E-state index in [0.717, 1.165) is 24.7 Å². The largest absolute Gasteiger partial charge is 0.484 e. The number of amides is 1. The summed E-state index contributed by atoms with van der Waals surface area (Å²) in [6, 6.07) is 8.69. The van der Waals surface area contributed by atoms with Crippen LogP contribution in [0.15, 0.2) is 36.5 Å². The second-order valence-electron chi connectivity index (χ2n) is 5.56. The zero-order valence-corrected chi connectivity index (χ0v) is 14.0. The molecular formula is C17H19ClN4O2. The van der Waals surface area contributed by atoms with Crippen LogP contribution in [0.1, 0.15) is 18.5 Å². The maximum absolute atomic E-state index is 11.9. The van der Waals surface area contributed by atoms with Gasteiger partial charge in [-0.3, -0.25) is 4.79 Å². The van der Waals surface area contributed by atoms with Crippen LogP contribution in [0.25, 0.3) is 0 Å². The van der Waals surface area contributed by atoms with E-state index in [0.29, 0.717) is 17.3 Å². The van der Waals surface area contributed by atoms with Gasteiger partial charge in [0.05, 0.1) is 12.2 Å². The van der Waals surface area contributed by atoms with Crippen LogP contribution in [-0.2, 0) is 11.3 Å². The molecule has 1 fully saturated rings. The molecule has 0 unspecified atom stereocenters. The SMILES string of the molecule is O=C(COc1ccc(Cl)cc1)NCc1ccnc(N2CCCC2)n1. The molecule has 1 aliphatic heterocycles. The highest BCUT2D eigenvalue weighted by molar-refractivity contribution is 6.30. The van der Waals surface area contributed by atoms with Gasteiger partial charge in [-0.25, -0.2) is 9.97 Å². The van der Waals surface area contributed by atoms with Gasteiger partial charge in [-0.2, -0.15) is 0 Å². The van der Waals surface area contributed by atoms with Crippen LogP contribution in [0, 0.1) is 0 Å². The summed E-state index contributed by atoms with van der Waals surface area (Å²) in [6.07, 6.45) is 4.07. The molecule has 126 valence electrons. The molecule has 1 saturated heterocycles. The van der Waals surface area contributed by atoms with Gasteiger partial charge in [0.2, 0.25) is 5.95 Å². The number of carbonyl (C=O) groups is 1. The van der Waals surface area contributed by atoms with Crippen LogP contribution in [0.4, 0.5) is 5.95 Å². The number of anilines is 1. The fourth-order valence-corrected chi connectivity index (χ4v) is 2.60. The molecule has 0 bridgehead atoms. The fourth-order valence-electron chi connectivity index (χ4n) is 2.47. The molecule has 7 heteroatoms. The zero-order chi connectivity index (χ0) is 16.8. The summed E-state index contributed by atoms with van der Waals surface area (Å²) in [5.74, 6) is 1.14. The van der Waals surface area contributed by atoms with E-state index in [1.54, 1.807) is 36.5 Å². The molecule has 2 heterocycles. The van der Waals surface area contributed by atoms with Crippen molar-refractivity contribution in [1.82, 2.24) is 15.3 Å². The van der Waals surface area contributed by atoms with Crippen LogP contribution in [0.3, 0.4) is 0 Å². The minimum absolute atomic E-state index is 0.0499. The van der Waals surface area contributed by atoms with E-state index in [4.69, 9.17) is 16.3 Å². The normalized spacial score (nSPS) is 13.8. The van der Waals surface area contributed by atoms with Crippen molar-refractivity contribution in [3.05, 3.63) is 47.2 Å². The van der Waals surface area contributed by atoms with Crippen LogP contribution in [0.5, 0.6) is 5.75 Å². The number of halogens is 1. The third-order valence-corrected chi connectivity index (χ3v) is 3.99. The van der Waals surface area contributed by atoms with E-state index >= 15 is 0 Å². The molecule has 24 heavy (non-hydrogen) atoms. The van der Waals surface area contributed by atoms with Crippen LogP contribution < -0.4 is 15.0 Å². The smallest absolute Gasteiger partial charge is 0.258 e. The highest BCUT2D eigenvalue weighted by Gasteiger charge is 2.15. The first-order valence-electron chi connectivity index (χ1n) is 7.93. The number of benzene rings is 1. The summed E-state index contributed by atoms with van der Waals surface area (Å²) in [6.45, 7) is 2.29. The summed E-state index contributed by atoms with van der Waals surface area (Å²) in [5, 5.41) is 3.43. The standard InChI is InChI=1S/C17H19ClN4O2/c18-13-3-5-15(6-4-13)24-12-16(23)20-11-14-7-8-19-17(21-14)22-9-1-2-10-22/h3-8H,1-2,9-12H2,(H,20,23). The van der Waals surface area contributed by atoms with E-state index in [9.17, 15) is 4.79 Å². The van der Waals surface area contributed by atoms with Gasteiger partial charge >= 0.3 is 0 Å². The Morgan fingerprint density at radius 3 is 2.71 bits per heavy atom. The Hall–Kier alpha value is -2.34. The summed E-state index contributed by atoms with van der Waals surface area (Å²) >= 11 is 5.80. The number of ether oxygens (including phenoxy) is 1. The Morgan fingerprint density at radius 1 is 1.21 bits per heavy atom. The van der Waals surface area contributed by atoms with Crippen LogP contribution in [0.2, 0.25) is 5.02 Å². The van der Waals surface area contributed by atoms with Crippen LogP contribution in [-0.4, -0.2) is 35.6 Å². The van der Waals surface area contributed by atoms with Crippen molar-refractivity contribution in [1.29, 1.82) is 0 Å². The molecular weight excluding hydrogens is 328 g/mol. The second-order valence-corrected chi connectivity index (χ2v) is 6.00. The maximum atomic E-state index is 11.9. The van der Waals surface area contributed by atoms with Crippen molar-refractivity contribution >= 4 is 23.5 Å². The van der Waals surface area contributed by atoms with Crippen molar-refractivity contribution in [3.8, 4) is 5.75 Å². The number of hydrogen-bond acceptors (Lipinski definition) is 5. The van der Waals surface area contributed by atoms with Gasteiger partial charge in [-0.05, 0) is 43.2 Å². The summed E-state index contributed by atoms with van der Waals surface area (Å²) < 4.78 is 5.40. The molecule has 6 nitrogen and oxygen atoms in total. The monoisotopic (exact) mass is 346 g/mol. The number of hydrogen-bond donors (Lipinski definition) is 1. The highest BCUT2D eigenvalue weighted by Crippen LogP contribution is 2.16. The molecule has 2 aromatic rings. The first-order chi connectivity index (χ1) is 11.7. The van der Waals surface area contributed by atoms with Crippen LogP contribution >= 0.6 is 11.6 Å². The Morgan fingerprint density at radius 2 is 1.96 bits per heavy atom. The number of nitrogens with one attached hydrogen (secondary N) is 1. The van der Waals surface area contributed by atoms with Gasteiger partial charge < -0.3 is 15.0 Å². The average molecular weight is 347 g/mol.